The highest BCUT2D eigenvalue weighted by molar-refractivity contribution is 6.33. The van der Waals surface area contributed by atoms with Gasteiger partial charge in [-0.3, -0.25) is 19.2 Å². The SMILES string of the molecule is CC(=O)Oc1ccc(C(=O)[C@@H]2[C@@H](c3cccc(Cl)c3)C3(C(=O)c4ccccc4C3=O)[C@@H]3C=Cc4ccccc4N23)cc1. The number of hydrogen-bond acceptors (Lipinski definition) is 6. The Morgan fingerprint density at radius 1 is 0.833 bits per heavy atom. The summed E-state index contributed by atoms with van der Waals surface area (Å²) >= 11 is 6.49. The predicted octanol–water partition coefficient (Wildman–Crippen LogP) is 6.58. The number of benzene rings is 4. The molecular weight excluding hydrogens is 550 g/mol. The van der Waals surface area contributed by atoms with Gasteiger partial charge in [-0.15, -0.1) is 0 Å². The van der Waals surface area contributed by atoms with E-state index in [0.29, 0.717) is 33.0 Å². The van der Waals surface area contributed by atoms with Crippen molar-refractivity contribution in [3.05, 3.63) is 136 Å². The third kappa shape index (κ3) is 3.65. The average Bonchev–Trinajstić information content (AvgIpc) is 3.43. The Kier molecular flexibility index (Phi) is 5.99. The first kappa shape index (κ1) is 26.1. The van der Waals surface area contributed by atoms with Crippen LogP contribution in [0.15, 0.2) is 103 Å². The minimum Gasteiger partial charge on any atom is -0.427 e. The number of ether oxygens (including phenoxy) is 1. The number of carbonyl (C=O) groups is 4. The number of esters is 1. The van der Waals surface area contributed by atoms with Crippen LogP contribution in [0.4, 0.5) is 5.69 Å². The molecule has 0 unspecified atom stereocenters. The van der Waals surface area contributed by atoms with Gasteiger partial charge in [0.05, 0.1) is 6.04 Å². The fourth-order valence-electron chi connectivity index (χ4n) is 7.01. The number of nitrogens with zero attached hydrogens (tertiary/aromatic N) is 1. The number of ketones is 3. The van der Waals surface area contributed by atoms with E-state index < -0.39 is 29.4 Å². The molecule has 0 bridgehead atoms. The molecule has 0 aromatic heterocycles. The highest BCUT2D eigenvalue weighted by Crippen LogP contribution is 2.61. The molecule has 0 amide bonds. The van der Waals surface area contributed by atoms with E-state index in [1.54, 1.807) is 66.7 Å². The normalized spacial score (nSPS) is 21.2. The van der Waals surface area contributed by atoms with Crippen molar-refractivity contribution < 1.29 is 23.9 Å². The van der Waals surface area contributed by atoms with Crippen LogP contribution in [0.5, 0.6) is 5.75 Å². The molecule has 7 rings (SSSR count). The van der Waals surface area contributed by atoms with E-state index in [-0.39, 0.29) is 17.3 Å². The van der Waals surface area contributed by atoms with Crippen LogP contribution >= 0.6 is 11.6 Å². The maximum atomic E-state index is 14.7. The Morgan fingerprint density at radius 3 is 2.17 bits per heavy atom. The van der Waals surface area contributed by atoms with Crippen molar-refractivity contribution in [1.82, 2.24) is 0 Å². The second-order valence-electron chi connectivity index (χ2n) is 10.8. The van der Waals surface area contributed by atoms with Crippen LogP contribution in [0, 0.1) is 5.41 Å². The Balaban J connectivity index is 1.49. The van der Waals surface area contributed by atoms with E-state index in [4.69, 9.17) is 16.3 Å². The molecule has 6 nitrogen and oxygen atoms in total. The van der Waals surface area contributed by atoms with Gasteiger partial charge in [-0.2, -0.15) is 0 Å². The minimum absolute atomic E-state index is 0.266. The third-order valence-corrected chi connectivity index (χ3v) is 8.82. The van der Waals surface area contributed by atoms with Crippen molar-refractivity contribution in [2.45, 2.75) is 24.9 Å². The molecule has 7 heteroatoms. The van der Waals surface area contributed by atoms with E-state index in [1.807, 2.05) is 47.4 Å². The van der Waals surface area contributed by atoms with Crippen molar-refractivity contribution in [3.8, 4) is 5.75 Å². The van der Waals surface area contributed by atoms with Crippen molar-refractivity contribution in [2.24, 2.45) is 5.41 Å². The number of hydrogen-bond donors (Lipinski definition) is 0. The molecule has 2 aliphatic heterocycles. The topological polar surface area (TPSA) is 80.8 Å². The van der Waals surface area contributed by atoms with Gasteiger partial charge in [0.1, 0.15) is 17.2 Å². The molecule has 0 N–H and O–H groups in total. The zero-order valence-corrected chi connectivity index (χ0v) is 23.2. The molecule has 2 heterocycles. The Bertz CT molecular complexity index is 1810. The molecular formula is C35H24ClNO5. The van der Waals surface area contributed by atoms with Gasteiger partial charge in [0, 0.05) is 40.2 Å². The van der Waals surface area contributed by atoms with Crippen LogP contribution in [-0.2, 0) is 4.79 Å². The Morgan fingerprint density at radius 2 is 1.50 bits per heavy atom. The second kappa shape index (κ2) is 9.64. The molecule has 206 valence electrons. The molecule has 0 radical (unpaired) electrons. The largest absolute Gasteiger partial charge is 0.427 e. The van der Waals surface area contributed by atoms with Crippen molar-refractivity contribution in [3.63, 3.8) is 0 Å². The summed E-state index contributed by atoms with van der Waals surface area (Å²) in [7, 11) is 0. The summed E-state index contributed by atoms with van der Waals surface area (Å²) in [5, 5.41) is 0.441. The van der Waals surface area contributed by atoms with Gasteiger partial charge in [-0.25, -0.2) is 0 Å². The molecule has 3 aliphatic rings. The molecule has 1 fully saturated rings. The first-order valence-corrected chi connectivity index (χ1v) is 14.0. The van der Waals surface area contributed by atoms with Gasteiger partial charge in [0.2, 0.25) is 0 Å². The van der Waals surface area contributed by atoms with E-state index in [2.05, 4.69) is 0 Å². The molecule has 4 aromatic carbocycles. The summed E-state index contributed by atoms with van der Waals surface area (Å²) in [5.41, 5.74) is 1.76. The zero-order chi connectivity index (χ0) is 29.2. The summed E-state index contributed by atoms with van der Waals surface area (Å²) in [6.07, 6.45) is 3.82. The summed E-state index contributed by atoms with van der Waals surface area (Å²) in [4.78, 5) is 57.4. The van der Waals surface area contributed by atoms with Crippen LogP contribution in [0.25, 0.3) is 6.08 Å². The highest BCUT2D eigenvalue weighted by Gasteiger charge is 2.71. The monoisotopic (exact) mass is 573 g/mol. The first-order chi connectivity index (χ1) is 20.3. The standard InChI is InChI=1S/C35H24ClNO5/c1-20(38)42-25-16-13-22(14-17-25)32(39)31-30(23-8-6-9-24(36)19-23)35(33(40)26-10-3-4-11-27(26)34(35)41)29-18-15-21-7-2-5-12-28(21)37(29)31/h2-19,29-31H,1H3/t29-,30+,31-/m0/s1. The fraction of sp³-hybridized carbons (Fsp3) is 0.143. The molecule has 0 saturated carbocycles. The predicted molar refractivity (Wildman–Crippen MR) is 159 cm³/mol. The van der Waals surface area contributed by atoms with E-state index in [1.165, 1.54) is 6.92 Å². The Hall–Kier alpha value is -4.81. The second-order valence-corrected chi connectivity index (χ2v) is 11.2. The quantitative estimate of drug-likeness (QED) is 0.119. The number of halogens is 1. The lowest BCUT2D eigenvalue weighted by molar-refractivity contribution is -0.131. The number of anilines is 1. The number of fused-ring (bicyclic) bond motifs is 5. The number of para-hydroxylation sites is 1. The lowest BCUT2D eigenvalue weighted by Crippen LogP contribution is -2.48. The van der Waals surface area contributed by atoms with Gasteiger partial charge < -0.3 is 9.64 Å². The molecule has 4 aromatic rings. The maximum absolute atomic E-state index is 14.7. The van der Waals surface area contributed by atoms with Gasteiger partial charge in [0.25, 0.3) is 0 Å². The van der Waals surface area contributed by atoms with Crippen molar-refractivity contribution >= 4 is 46.7 Å². The molecule has 1 aliphatic carbocycles. The lowest BCUT2D eigenvalue weighted by atomic mass is 9.64. The van der Waals surface area contributed by atoms with E-state index >= 15 is 0 Å². The Labute approximate surface area is 247 Å². The average molecular weight is 574 g/mol. The summed E-state index contributed by atoms with van der Waals surface area (Å²) in [5.74, 6) is -1.87. The van der Waals surface area contributed by atoms with Crippen LogP contribution in [-0.4, -0.2) is 35.4 Å². The van der Waals surface area contributed by atoms with Crippen molar-refractivity contribution in [2.75, 3.05) is 4.90 Å². The summed E-state index contributed by atoms with van der Waals surface area (Å²) in [6.45, 7) is 1.31. The van der Waals surface area contributed by atoms with Crippen molar-refractivity contribution in [1.29, 1.82) is 0 Å². The summed E-state index contributed by atoms with van der Waals surface area (Å²) in [6, 6.07) is 26.3. The third-order valence-electron chi connectivity index (χ3n) is 8.59. The fourth-order valence-corrected chi connectivity index (χ4v) is 7.21. The van der Waals surface area contributed by atoms with Crippen LogP contribution < -0.4 is 9.64 Å². The van der Waals surface area contributed by atoms with Gasteiger partial charge in [0.15, 0.2) is 17.3 Å². The summed E-state index contributed by atoms with van der Waals surface area (Å²) < 4.78 is 5.18. The number of rotatable bonds is 4. The maximum Gasteiger partial charge on any atom is 0.308 e. The van der Waals surface area contributed by atoms with Crippen LogP contribution in [0.2, 0.25) is 5.02 Å². The minimum atomic E-state index is -1.60. The highest BCUT2D eigenvalue weighted by atomic mass is 35.5. The number of carbonyl (C=O) groups excluding carboxylic acids is 4. The van der Waals surface area contributed by atoms with Crippen LogP contribution in [0.3, 0.4) is 0 Å². The molecule has 42 heavy (non-hydrogen) atoms. The van der Waals surface area contributed by atoms with Gasteiger partial charge >= 0.3 is 5.97 Å². The van der Waals surface area contributed by atoms with Gasteiger partial charge in [-0.05, 0) is 53.6 Å². The van der Waals surface area contributed by atoms with E-state index in [0.717, 1.165) is 11.3 Å². The van der Waals surface area contributed by atoms with Gasteiger partial charge in [-0.1, -0.05) is 78.4 Å². The lowest BCUT2D eigenvalue weighted by Gasteiger charge is -2.37. The number of Topliss-reactive ketones (excluding diaryl/α,β-unsaturated/α-hetero) is 3. The first-order valence-electron chi connectivity index (χ1n) is 13.6. The molecule has 1 saturated heterocycles. The molecule has 1 spiro atoms. The smallest absolute Gasteiger partial charge is 0.308 e. The zero-order valence-electron chi connectivity index (χ0n) is 22.5. The molecule has 3 atom stereocenters. The van der Waals surface area contributed by atoms with E-state index in [9.17, 15) is 19.2 Å². The van der Waals surface area contributed by atoms with Crippen LogP contribution in [0.1, 0.15) is 55.0 Å².